The van der Waals surface area contributed by atoms with Crippen LogP contribution in [0.4, 0.5) is 11.4 Å². The molecule has 1 aliphatic heterocycles. The Bertz CT molecular complexity index is 664. The number of amides is 2. The molecule has 1 aromatic heterocycles. The second kappa shape index (κ2) is 7.11. The summed E-state index contributed by atoms with van der Waals surface area (Å²) in [6, 6.07) is 10.9. The molecule has 0 spiro atoms. The van der Waals surface area contributed by atoms with E-state index in [1.165, 1.54) is 0 Å². The van der Waals surface area contributed by atoms with Gasteiger partial charge in [-0.2, -0.15) is 0 Å². The number of hydrogen-bond acceptors (Lipinski definition) is 4. The van der Waals surface area contributed by atoms with Crippen LogP contribution in [0.1, 0.15) is 12.2 Å². The third kappa shape index (κ3) is 3.98. The molecule has 6 heteroatoms. The molecule has 3 rings (SSSR count). The first-order chi connectivity index (χ1) is 11.2. The fraction of sp³-hybridized carbons (Fsp3) is 0.294. The summed E-state index contributed by atoms with van der Waals surface area (Å²) in [7, 11) is 0. The molecule has 2 amide bonds. The van der Waals surface area contributed by atoms with Crippen molar-refractivity contribution < 1.29 is 18.7 Å². The first-order valence-electron chi connectivity index (χ1n) is 7.53. The average Bonchev–Trinajstić information content (AvgIpc) is 3.08. The van der Waals surface area contributed by atoms with E-state index in [-0.39, 0.29) is 18.4 Å². The van der Waals surface area contributed by atoms with Gasteiger partial charge in [-0.1, -0.05) is 0 Å². The molecule has 1 saturated heterocycles. The van der Waals surface area contributed by atoms with Gasteiger partial charge >= 0.3 is 0 Å². The predicted octanol–water partition coefficient (Wildman–Crippen LogP) is 2.21. The number of rotatable bonds is 5. The maximum absolute atomic E-state index is 11.9. The summed E-state index contributed by atoms with van der Waals surface area (Å²) >= 11 is 0. The number of morpholine rings is 1. The van der Waals surface area contributed by atoms with Gasteiger partial charge in [0.2, 0.25) is 5.91 Å². The molecule has 120 valence electrons. The van der Waals surface area contributed by atoms with Crippen molar-refractivity contribution in [1.82, 2.24) is 0 Å². The van der Waals surface area contributed by atoms with Crippen LogP contribution >= 0.6 is 0 Å². The summed E-state index contributed by atoms with van der Waals surface area (Å²) in [4.78, 5) is 25.4. The highest BCUT2D eigenvalue weighted by Crippen LogP contribution is 2.19. The minimum atomic E-state index is -0.0726. The standard InChI is InChI=1S/C17H18N2O4/c20-16(8-7-15-2-1-10-23-15)18-13-3-5-14(6-4-13)19-9-11-22-12-17(19)21/h1-6,10H,7-9,11-12H2,(H,18,20). The van der Waals surface area contributed by atoms with Crippen LogP contribution in [0.15, 0.2) is 47.1 Å². The minimum Gasteiger partial charge on any atom is -0.469 e. The number of aryl methyl sites for hydroxylation is 1. The molecule has 0 saturated carbocycles. The first kappa shape index (κ1) is 15.3. The molecule has 0 bridgehead atoms. The van der Waals surface area contributed by atoms with Gasteiger partial charge in [0.25, 0.3) is 5.91 Å². The molecule has 2 heterocycles. The molecule has 0 atom stereocenters. The van der Waals surface area contributed by atoms with Crippen molar-refractivity contribution in [2.75, 3.05) is 30.0 Å². The largest absolute Gasteiger partial charge is 0.469 e. The number of benzene rings is 1. The van der Waals surface area contributed by atoms with Gasteiger partial charge in [-0.25, -0.2) is 0 Å². The molecular weight excluding hydrogens is 296 g/mol. The van der Waals surface area contributed by atoms with Gasteiger partial charge < -0.3 is 19.4 Å². The maximum atomic E-state index is 11.9. The van der Waals surface area contributed by atoms with Crippen LogP contribution in [-0.2, 0) is 20.7 Å². The number of nitrogens with zero attached hydrogens (tertiary/aromatic N) is 1. The quantitative estimate of drug-likeness (QED) is 0.918. The van der Waals surface area contributed by atoms with E-state index in [9.17, 15) is 9.59 Å². The number of ether oxygens (including phenoxy) is 1. The van der Waals surface area contributed by atoms with E-state index < -0.39 is 0 Å². The lowest BCUT2D eigenvalue weighted by Gasteiger charge is -2.26. The summed E-state index contributed by atoms with van der Waals surface area (Å²) in [6.07, 6.45) is 2.52. The fourth-order valence-electron chi connectivity index (χ4n) is 2.43. The van der Waals surface area contributed by atoms with Gasteiger partial charge in [-0.15, -0.1) is 0 Å². The number of furan rings is 1. The number of carbonyl (C=O) groups is 2. The lowest BCUT2D eigenvalue weighted by molar-refractivity contribution is -0.125. The molecule has 1 N–H and O–H groups in total. The van der Waals surface area contributed by atoms with E-state index in [0.29, 0.717) is 31.7 Å². The lowest BCUT2D eigenvalue weighted by Crippen LogP contribution is -2.41. The van der Waals surface area contributed by atoms with Crippen LogP contribution in [0.3, 0.4) is 0 Å². The van der Waals surface area contributed by atoms with Gasteiger partial charge in [-0.3, -0.25) is 9.59 Å². The maximum Gasteiger partial charge on any atom is 0.253 e. The Hall–Kier alpha value is -2.60. The van der Waals surface area contributed by atoms with Gasteiger partial charge in [0.05, 0.1) is 12.9 Å². The Balaban J connectivity index is 1.54. The zero-order valence-corrected chi connectivity index (χ0v) is 12.7. The third-order valence-corrected chi connectivity index (χ3v) is 3.63. The molecule has 2 aromatic rings. The van der Waals surface area contributed by atoms with Crippen LogP contribution in [-0.4, -0.2) is 31.6 Å². The summed E-state index contributed by atoms with van der Waals surface area (Å²) in [5.74, 6) is 0.671. The van der Waals surface area contributed by atoms with E-state index in [1.807, 2.05) is 18.2 Å². The second-order valence-electron chi connectivity index (χ2n) is 5.27. The van der Waals surface area contributed by atoms with Gasteiger partial charge in [0, 0.05) is 30.8 Å². The van der Waals surface area contributed by atoms with Crippen molar-refractivity contribution in [1.29, 1.82) is 0 Å². The van der Waals surface area contributed by atoms with Crippen molar-refractivity contribution >= 4 is 23.2 Å². The smallest absolute Gasteiger partial charge is 0.253 e. The summed E-state index contributed by atoms with van der Waals surface area (Å²) in [5.41, 5.74) is 1.52. The topological polar surface area (TPSA) is 71.8 Å². The van der Waals surface area contributed by atoms with Crippen LogP contribution in [0.5, 0.6) is 0 Å². The highest BCUT2D eigenvalue weighted by Gasteiger charge is 2.19. The highest BCUT2D eigenvalue weighted by molar-refractivity contribution is 5.95. The molecular formula is C17H18N2O4. The number of anilines is 2. The van der Waals surface area contributed by atoms with Crippen molar-refractivity contribution in [3.05, 3.63) is 48.4 Å². The SMILES string of the molecule is O=C(CCc1ccco1)Nc1ccc(N2CCOCC2=O)cc1. The third-order valence-electron chi connectivity index (χ3n) is 3.63. The monoisotopic (exact) mass is 314 g/mol. The Labute approximate surface area is 134 Å². The van der Waals surface area contributed by atoms with Crippen molar-refractivity contribution in [3.8, 4) is 0 Å². The molecule has 23 heavy (non-hydrogen) atoms. The van der Waals surface area contributed by atoms with E-state index in [4.69, 9.17) is 9.15 Å². The Morgan fingerprint density at radius 3 is 2.74 bits per heavy atom. The Morgan fingerprint density at radius 1 is 1.22 bits per heavy atom. The first-order valence-corrected chi connectivity index (χ1v) is 7.53. The van der Waals surface area contributed by atoms with Crippen molar-refractivity contribution in [3.63, 3.8) is 0 Å². The van der Waals surface area contributed by atoms with E-state index in [0.717, 1.165) is 11.4 Å². The van der Waals surface area contributed by atoms with Crippen molar-refractivity contribution in [2.24, 2.45) is 0 Å². The zero-order chi connectivity index (χ0) is 16.1. The van der Waals surface area contributed by atoms with E-state index in [2.05, 4.69) is 5.32 Å². The highest BCUT2D eigenvalue weighted by atomic mass is 16.5. The van der Waals surface area contributed by atoms with Crippen LogP contribution in [0.2, 0.25) is 0 Å². The summed E-state index contributed by atoms with van der Waals surface area (Å²) in [6.45, 7) is 1.20. The molecule has 1 aromatic carbocycles. The van der Waals surface area contributed by atoms with E-state index >= 15 is 0 Å². The molecule has 1 aliphatic rings. The van der Waals surface area contributed by atoms with Crippen LogP contribution in [0, 0.1) is 0 Å². The number of carbonyl (C=O) groups excluding carboxylic acids is 2. The van der Waals surface area contributed by atoms with E-state index in [1.54, 1.807) is 29.4 Å². The fourth-order valence-corrected chi connectivity index (χ4v) is 2.43. The second-order valence-corrected chi connectivity index (χ2v) is 5.27. The Morgan fingerprint density at radius 2 is 2.04 bits per heavy atom. The van der Waals surface area contributed by atoms with Crippen molar-refractivity contribution in [2.45, 2.75) is 12.8 Å². The summed E-state index contributed by atoms with van der Waals surface area (Å²) < 4.78 is 10.3. The molecule has 0 radical (unpaired) electrons. The average molecular weight is 314 g/mol. The molecule has 6 nitrogen and oxygen atoms in total. The number of nitrogens with one attached hydrogen (secondary N) is 1. The van der Waals surface area contributed by atoms with Gasteiger partial charge in [0.1, 0.15) is 12.4 Å². The van der Waals surface area contributed by atoms with Crippen LogP contribution in [0.25, 0.3) is 0 Å². The van der Waals surface area contributed by atoms with Gasteiger partial charge in [-0.05, 0) is 36.4 Å². The molecule has 1 fully saturated rings. The van der Waals surface area contributed by atoms with Crippen LogP contribution < -0.4 is 10.2 Å². The molecule has 0 unspecified atom stereocenters. The molecule has 0 aliphatic carbocycles. The minimum absolute atomic E-state index is 0.0496. The predicted molar refractivity (Wildman–Crippen MR) is 85.3 cm³/mol. The lowest BCUT2D eigenvalue weighted by atomic mass is 10.2. The van der Waals surface area contributed by atoms with Gasteiger partial charge in [0.15, 0.2) is 0 Å². The Kier molecular flexibility index (Phi) is 4.73. The normalized spacial score (nSPS) is 14.8. The summed E-state index contributed by atoms with van der Waals surface area (Å²) in [5, 5.41) is 2.84. The zero-order valence-electron chi connectivity index (χ0n) is 12.7. The number of hydrogen-bond donors (Lipinski definition) is 1.